The zero-order valence-electron chi connectivity index (χ0n) is 16.7. The molecule has 1 aromatic carbocycles. The summed E-state index contributed by atoms with van der Waals surface area (Å²) in [4.78, 5) is 30.6. The van der Waals surface area contributed by atoms with Gasteiger partial charge in [0.05, 0.1) is 11.6 Å². The minimum absolute atomic E-state index is 0.0952. The van der Waals surface area contributed by atoms with Crippen LogP contribution >= 0.6 is 11.8 Å². The van der Waals surface area contributed by atoms with Gasteiger partial charge >= 0.3 is 6.18 Å². The summed E-state index contributed by atoms with van der Waals surface area (Å²) in [6, 6.07) is 6.63. The van der Waals surface area contributed by atoms with Crippen LogP contribution in [0.15, 0.2) is 24.3 Å². The molecule has 0 bridgehead atoms. The smallest absolute Gasteiger partial charge is 0.345 e. The van der Waals surface area contributed by atoms with Crippen molar-refractivity contribution in [2.24, 2.45) is 0 Å². The van der Waals surface area contributed by atoms with Crippen LogP contribution in [0.5, 0.6) is 0 Å². The molecule has 11 heteroatoms. The zero-order chi connectivity index (χ0) is 22.1. The molecule has 0 spiro atoms. The number of halogens is 3. The van der Waals surface area contributed by atoms with Crippen LogP contribution in [0.2, 0.25) is 0 Å². The van der Waals surface area contributed by atoms with Gasteiger partial charge in [-0.05, 0) is 24.5 Å². The van der Waals surface area contributed by atoms with E-state index in [4.69, 9.17) is 0 Å². The van der Waals surface area contributed by atoms with Gasteiger partial charge in [0, 0.05) is 5.75 Å². The van der Waals surface area contributed by atoms with Crippen LogP contribution in [-0.4, -0.2) is 61.9 Å². The molecule has 2 heterocycles. The van der Waals surface area contributed by atoms with E-state index in [-0.39, 0.29) is 23.4 Å². The fourth-order valence-electron chi connectivity index (χ4n) is 3.17. The average molecular weight is 441 g/mol. The van der Waals surface area contributed by atoms with Crippen molar-refractivity contribution in [3.63, 3.8) is 0 Å². The van der Waals surface area contributed by atoms with E-state index >= 15 is 0 Å². The number of hydrogen-bond donors (Lipinski definition) is 1. The fourth-order valence-corrected chi connectivity index (χ4v) is 4.32. The van der Waals surface area contributed by atoms with Crippen LogP contribution in [0.1, 0.15) is 41.8 Å². The summed E-state index contributed by atoms with van der Waals surface area (Å²) < 4.78 is 38.8. The number of aromatic nitrogens is 3. The SMILES string of the molecule is Cc1nc(C(=O)N2CSCC2C(=O)NCC(F)(F)F)nn1-c1ccccc1C(C)C. The van der Waals surface area contributed by atoms with Gasteiger partial charge in [-0.2, -0.15) is 13.2 Å². The molecule has 0 radical (unpaired) electrons. The Morgan fingerprint density at radius 3 is 2.67 bits per heavy atom. The molecule has 1 aliphatic heterocycles. The van der Waals surface area contributed by atoms with Gasteiger partial charge in [0.1, 0.15) is 18.4 Å². The zero-order valence-corrected chi connectivity index (χ0v) is 17.5. The number of amides is 2. The van der Waals surface area contributed by atoms with E-state index < -0.39 is 30.6 Å². The van der Waals surface area contributed by atoms with Crippen molar-refractivity contribution in [2.75, 3.05) is 18.2 Å². The number of rotatable bonds is 5. The first kappa shape index (κ1) is 22.1. The molecular weight excluding hydrogens is 419 g/mol. The van der Waals surface area contributed by atoms with Crippen LogP contribution in [0.4, 0.5) is 13.2 Å². The Hall–Kier alpha value is -2.56. The van der Waals surface area contributed by atoms with Gasteiger partial charge in [0.25, 0.3) is 5.91 Å². The highest BCUT2D eigenvalue weighted by Gasteiger charge is 2.38. The fraction of sp³-hybridized carbons (Fsp3) is 0.474. The lowest BCUT2D eigenvalue weighted by molar-refractivity contribution is -0.140. The van der Waals surface area contributed by atoms with Crippen molar-refractivity contribution < 1.29 is 22.8 Å². The number of para-hydroxylation sites is 1. The maximum Gasteiger partial charge on any atom is 0.405 e. The molecule has 0 saturated carbocycles. The van der Waals surface area contributed by atoms with E-state index in [0.717, 1.165) is 11.3 Å². The van der Waals surface area contributed by atoms with Crippen LogP contribution in [0.25, 0.3) is 5.69 Å². The number of benzene rings is 1. The van der Waals surface area contributed by atoms with Crippen molar-refractivity contribution in [2.45, 2.75) is 38.9 Å². The largest absolute Gasteiger partial charge is 0.405 e. The molecule has 7 nitrogen and oxygen atoms in total. The Morgan fingerprint density at radius 2 is 2.00 bits per heavy atom. The van der Waals surface area contributed by atoms with E-state index in [0.29, 0.717) is 5.82 Å². The third kappa shape index (κ3) is 4.77. The van der Waals surface area contributed by atoms with E-state index in [1.54, 1.807) is 11.6 Å². The van der Waals surface area contributed by atoms with Gasteiger partial charge in [-0.25, -0.2) is 9.67 Å². The summed E-state index contributed by atoms with van der Waals surface area (Å²) in [7, 11) is 0. The number of alkyl halides is 3. The summed E-state index contributed by atoms with van der Waals surface area (Å²) in [5.41, 5.74) is 1.83. The second kappa shape index (κ2) is 8.66. The molecule has 1 unspecified atom stereocenters. The van der Waals surface area contributed by atoms with Crippen molar-refractivity contribution >= 4 is 23.6 Å². The van der Waals surface area contributed by atoms with Gasteiger partial charge < -0.3 is 10.2 Å². The predicted octanol–water partition coefficient (Wildman–Crippen LogP) is 2.89. The number of carbonyl (C=O) groups is 2. The molecule has 1 aromatic heterocycles. The van der Waals surface area contributed by atoms with Crippen molar-refractivity contribution in [1.29, 1.82) is 0 Å². The van der Waals surface area contributed by atoms with E-state index in [2.05, 4.69) is 10.1 Å². The number of carbonyl (C=O) groups excluding carboxylic acids is 2. The average Bonchev–Trinajstić information content (AvgIpc) is 3.32. The number of nitrogens with zero attached hydrogens (tertiary/aromatic N) is 4. The second-order valence-corrected chi connectivity index (χ2v) is 8.23. The van der Waals surface area contributed by atoms with Gasteiger partial charge in [0.15, 0.2) is 0 Å². The predicted molar refractivity (Wildman–Crippen MR) is 107 cm³/mol. The minimum atomic E-state index is -4.52. The lowest BCUT2D eigenvalue weighted by atomic mass is 10.0. The topological polar surface area (TPSA) is 80.1 Å². The van der Waals surface area contributed by atoms with Crippen molar-refractivity contribution in [1.82, 2.24) is 25.0 Å². The van der Waals surface area contributed by atoms with Gasteiger partial charge in [-0.15, -0.1) is 16.9 Å². The standard InChI is InChI=1S/C19H22F3N5O2S/c1-11(2)13-6-4-5-7-14(13)27-12(3)24-16(25-27)18(29)26-10-30-8-15(26)17(28)23-9-19(20,21)22/h4-7,11,15H,8-10H2,1-3H3,(H,23,28). The molecule has 1 N–H and O–H groups in total. The number of aryl methyl sites for hydroxylation is 1. The molecule has 1 atom stereocenters. The van der Waals surface area contributed by atoms with Crippen LogP contribution in [-0.2, 0) is 4.79 Å². The molecule has 162 valence electrons. The summed E-state index contributed by atoms with van der Waals surface area (Å²) in [5, 5.41) is 6.19. The Labute approximate surface area is 176 Å². The highest BCUT2D eigenvalue weighted by atomic mass is 32.2. The lowest BCUT2D eigenvalue weighted by Crippen LogP contribution is -2.49. The summed E-state index contributed by atoms with van der Waals surface area (Å²) in [5.74, 6) is -0.410. The molecule has 1 fully saturated rings. The summed E-state index contributed by atoms with van der Waals surface area (Å²) in [6.45, 7) is 4.37. The second-order valence-electron chi connectivity index (χ2n) is 7.23. The third-order valence-electron chi connectivity index (χ3n) is 4.66. The molecular formula is C19H22F3N5O2S. The maximum absolute atomic E-state index is 13.0. The van der Waals surface area contributed by atoms with E-state index in [1.165, 1.54) is 16.7 Å². The minimum Gasteiger partial charge on any atom is -0.345 e. The quantitative estimate of drug-likeness (QED) is 0.772. The number of nitrogens with one attached hydrogen (secondary N) is 1. The summed E-state index contributed by atoms with van der Waals surface area (Å²) in [6.07, 6.45) is -4.52. The van der Waals surface area contributed by atoms with Crippen molar-refractivity contribution in [3.05, 3.63) is 41.5 Å². The molecule has 2 aromatic rings. The number of hydrogen-bond acceptors (Lipinski definition) is 5. The third-order valence-corrected chi connectivity index (χ3v) is 5.67. The first-order valence-corrected chi connectivity index (χ1v) is 10.5. The highest BCUT2D eigenvalue weighted by Crippen LogP contribution is 2.25. The van der Waals surface area contributed by atoms with Crippen LogP contribution in [0.3, 0.4) is 0 Å². The molecule has 1 aliphatic rings. The van der Waals surface area contributed by atoms with Crippen molar-refractivity contribution in [3.8, 4) is 5.69 Å². The lowest BCUT2D eigenvalue weighted by Gasteiger charge is -2.22. The first-order chi connectivity index (χ1) is 14.1. The van der Waals surface area contributed by atoms with E-state index in [1.807, 2.05) is 43.4 Å². The monoisotopic (exact) mass is 441 g/mol. The van der Waals surface area contributed by atoms with E-state index in [9.17, 15) is 22.8 Å². The Morgan fingerprint density at radius 1 is 1.30 bits per heavy atom. The molecule has 0 aliphatic carbocycles. The molecule has 1 saturated heterocycles. The van der Waals surface area contributed by atoms with Crippen LogP contribution in [0, 0.1) is 6.92 Å². The first-order valence-electron chi connectivity index (χ1n) is 9.34. The Bertz CT molecular complexity index is 944. The number of thioether (sulfide) groups is 1. The van der Waals surface area contributed by atoms with Gasteiger partial charge in [-0.1, -0.05) is 32.0 Å². The maximum atomic E-state index is 13.0. The summed E-state index contributed by atoms with van der Waals surface area (Å²) >= 11 is 1.29. The highest BCUT2D eigenvalue weighted by molar-refractivity contribution is 7.99. The molecule has 2 amide bonds. The van der Waals surface area contributed by atoms with Crippen LogP contribution < -0.4 is 5.32 Å². The normalized spacial score (nSPS) is 16.9. The molecule has 30 heavy (non-hydrogen) atoms. The molecule has 3 rings (SSSR count). The van der Waals surface area contributed by atoms with Gasteiger partial charge in [0.2, 0.25) is 11.7 Å². The van der Waals surface area contributed by atoms with Gasteiger partial charge in [-0.3, -0.25) is 9.59 Å². The Balaban J connectivity index is 1.83. The Kier molecular flexibility index (Phi) is 6.39.